The summed E-state index contributed by atoms with van der Waals surface area (Å²) in [5, 5.41) is 12.6. The van der Waals surface area contributed by atoms with Crippen LogP contribution in [0.2, 0.25) is 0 Å². The van der Waals surface area contributed by atoms with Gasteiger partial charge in [-0.2, -0.15) is 4.98 Å². The van der Waals surface area contributed by atoms with Crippen molar-refractivity contribution in [3.05, 3.63) is 26.7 Å². The molecule has 1 amide bonds. The fourth-order valence-corrected chi connectivity index (χ4v) is 4.81. The molecule has 0 radical (unpaired) electrons. The number of fused-ring (bicyclic) bond motifs is 1. The fraction of sp³-hybridized carbons (Fsp3) is 0.611. The molecule has 8 nitrogen and oxygen atoms in total. The maximum atomic E-state index is 12.6. The predicted octanol–water partition coefficient (Wildman–Crippen LogP) is 0.547. The molecule has 0 atom stereocenters. The Kier molecular flexibility index (Phi) is 7.19. The van der Waals surface area contributed by atoms with Crippen LogP contribution in [0, 0.1) is 6.92 Å². The number of rotatable bonds is 8. The zero-order valence-corrected chi connectivity index (χ0v) is 18.2. The van der Waals surface area contributed by atoms with Crippen LogP contribution in [0.4, 0.5) is 5.13 Å². The third-order valence-corrected chi connectivity index (χ3v) is 6.39. The van der Waals surface area contributed by atoms with E-state index in [9.17, 15) is 9.59 Å². The summed E-state index contributed by atoms with van der Waals surface area (Å²) >= 11 is 2.68. The largest absolute Gasteiger partial charge is 0.348 e. The van der Waals surface area contributed by atoms with Crippen LogP contribution in [-0.4, -0.2) is 52.0 Å². The maximum absolute atomic E-state index is 12.6. The van der Waals surface area contributed by atoms with Crippen molar-refractivity contribution < 1.29 is 9.69 Å². The lowest BCUT2D eigenvalue weighted by atomic mass is 9.97. The van der Waals surface area contributed by atoms with Gasteiger partial charge in [0.15, 0.2) is 0 Å². The number of aryl methyl sites for hydroxylation is 1. The van der Waals surface area contributed by atoms with Crippen molar-refractivity contribution in [2.24, 2.45) is 0 Å². The summed E-state index contributed by atoms with van der Waals surface area (Å²) in [5.41, 5.74) is 2.06. The molecule has 0 saturated carbocycles. The number of amides is 1. The first-order valence-corrected chi connectivity index (χ1v) is 11.4. The summed E-state index contributed by atoms with van der Waals surface area (Å²) in [6, 6.07) is 0. The van der Waals surface area contributed by atoms with Crippen molar-refractivity contribution in [1.29, 1.82) is 0 Å². The van der Waals surface area contributed by atoms with Crippen molar-refractivity contribution in [3.63, 3.8) is 0 Å². The molecule has 1 aliphatic rings. The van der Waals surface area contributed by atoms with Crippen LogP contribution in [0.1, 0.15) is 35.5 Å². The highest BCUT2D eigenvalue weighted by atomic mass is 32.2. The van der Waals surface area contributed by atoms with Gasteiger partial charge in [-0.25, -0.2) is 4.79 Å². The third kappa shape index (κ3) is 5.39. The Balaban J connectivity index is 1.71. The molecule has 0 saturated heterocycles. The van der Waals surface area contributed by atoms with Gasteiger partial charge in [0.05, 0.1) is 26.4 Å². The predicted molar refractivity (Wildman–Crippen MR) is 111 cm³/mol. The number of quaternary nitrogens is 1. The van der Waals surface area contributed by atoms with Gasteiger partial charge in [-0.15, -0.1) is 10.2 Å². The van der Waals surface area contributed by atoms with E-state index in [-0.39, 0.29) is 17.3 Å². The third-order valence-electron chi connectivity index (χ3n) is 4.62. The van der Waals surface area contributed by atoms with E-state index in [1.165, 1.54) is 28.0 Å². The molecule has 28 heavy (non-hydrogen) atoms. The highest BCUT2D eigenvalue weighted by molar-refractivity contribution is 8.00. The Hall–Kier alpha value is -1.78. The number of carbonyl (C=O) groups is 1. The molecule has 3 rings (SSSR count). The van der Waals surface area contributed by atoms with E-state index in [0.29, 0.717) is 16.7 Å². The van der Waals surface area contributed by atoms with Gasteiger partial charge in [0, 0.05) is 24.2 Å². The Labute approximate surface area is 172 Å². The molecular formula is C18H27N6O2S2+. The molecule has 10 heteroatoms. The number of nitrogens with one attached hydrogen (secondary N) is 2. The smallest absolute Gasteiger partial charge is 0.340 e. The summed E-state index contributed by atoms with van der Waals surface area (Å²) < 4.78 is 1.85. The van der Waals surface area contributed by atoms with Gasteiger partial charge in [0.1, 0.15) is 10.0 Å². The molecule has 152 valence electrons. The van der Waals surface area contributed by atoms with Crippen LogP contribution in [0.15, 0.2) is 9.82 Å². The van der Waals surface area contributed by atoms with Crippen molar-refractivity contribution in [2.45, 2.75) is 50.6 Å². The van der Waals surface area contributed by atoms with E-state index in [2.05, 4.69) is 34.6 Å². The molecule has 1 aliphatic carbocycles. The van der Waals surface area contributed by atoms with Crippen LogP contribution < -0.4 is 15.9 Å². The van der Waals surface area contributed by atoms with Gasteiger partial charge in [0.2, 0.25) is 11.0 Å². The minimum absolute atomic E-state index is 0.161. The van der Waals surface area contributed by atoms with Crippen molar-refractivity contribution >= 4 is 34.1 Å². The summed E-state index contributed by atoms with van der Waals surface area (Å²) in [6.45, 7) is 3.57. The lowest BCUT2D eigenvalue weighted by molar-refractivity contribution is -0.858. The molecule has 0 spiro atoms. The van der Waals surface area contributed by atoms with E-state index in [4.69, 9.17) is 0 Å². The normalized spacial score (nSPS) is 13.6. The van der Waals surface area contributed by atoms with Crippen LogP contribution in [-0.2, 0) is 24.2 Å². The summed E-state index contributed by atoms with van der Waals surface area (Å²) in [4.78, 5) is 30.6. The Bertz CT molecular complexity index is 893. The lowest BCUT2D eigenvalue weighted by Crippen LogP contribution is -3.05. The topological polar surface area (TPSA) is 94.2 Å². The first-order valence-electron chi connectivity index (χ1n) is 9.58. The molecule has 0 aliphatic heterocycles. The van der Waals surface area contributed by atoms with E-state index in [1.807, 2.05) is 11.5 Å². The van der Waals surface area contributed by atoms with Crippen molar-refractivity contribution in [1.82, 2.24) is 19.7 Å². The van der Waals surface area contributed by atoms with E-state index in [1.54, 1.807) is 0 Å². The SMILES string of the molecule is Cc1nnc(NC(=O)CSc2nc(=O)n(CCC[NH+](C)C)c3c2CCCC3)s1. The molecule has 2 heterocycles. The lowest BCUT2D eigenvalue weighted by Gasteiger charge is -2.22. The first-order chi connectivity index (χ1) is 13.4. The molecule has 0 unspecified atom stereocenters. The molecule has 2 aromatic heterocycles. The van der Waals surface area contributed by atoms with Crippen LogP contribution in [0.5, 0.6) is 0 Å². The Morgan fingerprint density at radius 2 is 2.07 bits per heavy atom. The molecule has 0 aromatic carbocycles. The van der Waals surface area contributed by atoms with Crippen LogP contribution in [0.3, 0.4) is 0 Å². The minimum atomic E-state index is -0.197. The quantitative estimate of drug-likeness (QED) is 0.476. The second kappa shape index (κ2) is 9.62. The van der Waals surface area contributed by atoms with Gasteiger partial charge in [-0.3, -0.25) is 14.7 Å². The van der Waals surface area contributed by atoms with Crippen molar-refractivity contribution in [3.8, 4) is 0 Å². The zero-order valence-electron chi connectivity index (χ0n) is 16.6. The van der Waals surface area contributed by atoms with Crippen LogP contribution in [0.25, 0.3) is 0 Å². The summed E-state index contributed by atoms with van der Waals surface area (Å²) in [6.07, 6.45) is 4.97. The number of nitrogens with zero attached hydrogens (tertiary/aromatic N) is 4. The second-order valence-electron chi connectivity index (χ2n) is 7.26. The second-order valence-corrected chi connectivity index (χ2v) is 9.40. The first kappa shape index (κ1) is 20.9. The number of anilines is 1. The number of hydrogen-bond donors (Lipinski definition) is 2. The highest BCUT2D eigenvalue weighted by Crippen LogP contribution is 2.28. The minimum Gasteiger partial charge on any atom is -0.340 e. The Morgan fingerprint density at radius 3 is 2.79 bits per heavy atom. The van der Waals surface area contributed by atoms with E-state index in [0.717, 1.165) is 54.9 Å². The van der Waals surface area contributed by atoms with Gasteiger partial charge in [-0.1, -0.05) is 23.1 Å². The van der Waals surface area contributed by atoms with Gasteiger partial charge >= 0.3 is 5.69 Å². The van der Waals surface area contributed by atoms with Crippen LogP contribution >= 0.6 is 23.1 Å². The molecule has 0 bridgehead atoms. The average Bonchev–Trinajstić information content (AvgIpc) is 3.06. The summed E-state index contributed by atoms with van der Waals surface area (Å²) in [7, 11) is 4.23. The number of thioether (sulfide) groups is 1. The number of aromatic nitrogens is 4. The standard InChI is InChI=1S/C18H26N6O2S2/c1-12-21-22-17(28-12)19-15(25)11-27-16-13-7-4-5-8-14(13)24(18(26)20-16)10-6-9-23(2)3/h4-11H2,1-3H3,(H,19,22,25)/p+1. The molecule has 2 N–H and O–H groups in total. The Morgan fingerprint density at radius 1 is 1.29 bits per heavy atom. The fourth-order valence-electron chi connectivity index (χ4n) is 3.32. The summed E-state index contributed by atoms with van der Waals surface area (Å²) in [5.74, 6) is 0.0385. The molecule has 0 fully saturated rings. The molecular weight excluding hydrogens is 396 g/mol. The van der Waals surface area contributed by atoms with E-state index < -0.39 is 0 Å². The van der Waals surface area contributed by atoms with Gasteiger partial charge in [-0.05, 0) is 32.6 Å². The average molecular weight is 424 g/mol. The van der Waals surface area contributed by atoms with E-state index >= 15 is 0 Å². The highest BCUT2D eigenvalue weighted by Gasteiger charge is 2.21. The number of hydrogen-bond acceptors (Lipinski definition) is 7. The van der Waals surface area contributed by atoms with Crippen molar-refractivity contribution in [2.75, 3.05) is 31.7 Å². The van der Waals surface area contributed by atoms with Gasteiger partial charge < -0.3 is 4.90 Å². The zero-order chi connectivity index (χ0) is 20.1. The molecule has 2 aromatic rings. The monoisotopic (exact) mass is 423 g/mol. The van der Waals surface area contributed by atoms with Gasteiger partial charge in [0.25, 0.3) is 0 Å². The maximum Gasteiger partial charge on any atom is 0.348 e. The number of carbonyl (C=O) groups excluding carboxylic acids is 1.